The lowest BCUT2D eigenvalue weighted by molar-refractivity contribution is -0.137. The molecule has 1 amide bonds. The van der Waals surface area contributed by atoms with Gasteiger partial charge in [-0.05, 0) is 19.3 Å². The third-order valence-electron chi connectivity index (χ3n) is 3.23. The summed E-state index contributed by atoms with van der Waals surface area (Å²) in [6.45, 7) is 3.13. The number of terminal acetylenes is 1. The van der Waals surface area contributed by atoms with Crippen LogP contribution in [0.1, 0.15) is 45.4 Å². The highest BCUT2D eigenvalue weighted by atomic mass is 16.2. The predicted octanol–water partition coefficient (Wildman–Crippen LogP) is 1.52. The van der Waals surface area contributed by atoms with E-state index in [1.165, 1.54) is 6.42 Å². The van der Waals surface area contributed by atoms with Crippen LogP contribution in [0.4, 0.5) is 0 Å². The molecule has 0 aromatic heterocycles. The fourth-order valence-electron chi connectivity index (χ4n) is 2.34. The van der Waals surface area contributed by atoms with Gasteiger partial charge in [0.05, 0.1) is 12.1 Å². The van der Waals surface area contributed by atoms with Crippen LogP contribution in [0.3, 0.4) is 0 Å². The first-order chi connectivity index (χ1) is 7.64. The van der Waals surface area contributed by atoms with E-state index >= 15 is 0 Å². The number of rotatable bonds is 4. The summed E-state index contributed by atoms with van der Waals surface area (Å²) in [5.74, 6) is 2.59. The lowest BCUT2D eigenvalue weighted by Crippen LogP contribution is -2.56. The minimum atomic E-state index is -0.649. The van der Waals surface area contributed by atoms with E-state index in [9.17, 15) is 4.79 Å². The zero-order valence-corrected chi connectivity index (χ0v) is 10.2. The van der Waals surface area contributed by atoms with Crippen LogP contribution in [-0.2, 0) is 4.79 Å². The maximum Gasteiger partial charge on any atom is 0.243 e. The molecule has 1 saturated carbocycles. The van der Waals surface area contributed by atoms with Crippen molar-refractivity contribution < 1.29 is 4.79 Å². The second-order valence-electron chi connectivity index (χ2n) is 4.65. The smallest absolute Gasteiger partial charge is 0.243 e. The van der Waals surface area contributed by atoms with Crippen molar-refractivity contribution >= 4 is 5.91 Å². The normalized spacial score (nSPS) is 18.8. The maximum atomic E-state index is 12.3. The van der Waals surface area contributed by atoms with Crippen molar-refractivity contribution in [3.63, 3.8) is 0 Å². The molecule has 1 fully saturated rings. The number of carbonyl (C=O) groups excluding carboxylic acids is 1. The van der Waals surface area contributed by atoms with Gasteiger partial charge in [-0.15, -0.1) is 6.42 Å². The lowest BCUT2D eigenvalue weighted by atomic mass is 9.81. The highest BCUT2D eigenvalue weighted by Crippen LogP contribution is 2.27. The Morgan fingerprint density at radius 2 is 2.06 bits per heavy atom. The molecule has 1 aliphatic rings. The first-order valence-electron chi connectivity index (χ1n) is 6.16. The Morgan fingerprint density at radius 1 is 1.44 bits per heavy atom. The molecule has 0 heterocycles. The van der Waals surface area contributed by atoms with E-state index < -0.39 is 5.54 Å². The summed E-state index contributed by atoms with van der Waals surface area (Å²) in [7, 11) is 0. The molecule has 0 bridgehead atoms. The van der Waals surface area contributed by atoms with Crippen molar-refractivity contribution in [2.24, 2.45) is 5.73 Å². The average Bonchev–Trinajstić information content (AvgIpc) is 2.29. The van der Waals surface area contributed by atoms with E-state index in [0.717, 1.165) is 32.1 Å². The third kappa shape index (κ3) is 2.99. The van der Waals surface area contributed by atoms with Gasteiger partial charge in [-0.3, -0.25) is 4.79 Å². The summed E-state index contributed by atoms with van der Waals surface area (Å²) in [6, 6.07) is 0. The minimum Gasteiger partial charge on any atom is -0.330 e. The first-order valence-corrected chi connectivity index (χ1v) is 6.16. The number of amides is 1. The van der Waals surface area contributed by atoms with Crippen LogP contribution in [0.15, 0.2) is 0 Å². The van der Waals surface area contributed by atoms with Gasteiger partial charge in [-0.2, -0.15) is 0 Å². The van der Waals surface area contributed by atoms with Crippen molar-refractivity contribution in [2.75, 3.05) is 13.1 Å². The summed E-state index contributed by atoms with van der Waals surface area (Å²) in [6.07, 6.45) is 11.1. The summed E-state index contributed by atoms with van der Waals surface area (Å²) >= 11 is 0. The number of nitrogens with zero attached hydrogens (tertiary/aromatic N) is 1. The van der Waals surface area contributed by atoms with E-state index in [0.29, 0.717) is 13.1 Å². The molecule has 0 atom stereocenters. The molecule has 1 rings (SSSR count). The van der Waals surface area contributed by atoms with Crippen LogP contribution in [0.25, 0.3) is 0 Å². The highest BCUT2D eigenvalue weighted by molar-refractivity contribution is 5.86. The Kier molecular flexibility index (Phi) is 4.82. The van der Waals surface area contributed by atoms with Gasteiger partial charge in [0, 0.05) is 6.54 Å². The molecular formula is C13H22N2O. The fraction of sp³-hybridized carbons (Fsp3) is 0.769. The topological polar surface area (TPSA) is 46.3 Å². The second kappa shape index (κ2) is 5.91. The lowest BCUT2D eigenvalue weighted by Gasteiger charge is -2.36. The Balaban J connectivity index is 2.68. The summed E-state index contributed by atoms with van der Waals surface area (Å²) in [4.78, 5) is 14.0. The van der Waals surface area contributed by atoms with Crippen molar-refractivity contribution in [1.29, 1.82) is 0 Å². The second-order valence-corrected chi connectivity index (χ2v) is 4.65. The SMILES string of the molecule is C#CCN(CCC)C(=O)C1(N)CCCCC1. The standard InChI is InChI=1S/C13H22N2O/c1-3-10-15(11-4-2)12(16)13(14)8-6-5-7-9-13/h1H,4-11,14H2,2H3. The van der Waals surface area contributed by atoms with Gasteiger partial charge in [0.15, 0.2) is 0 Å². The molecule has 90 valence electrons. The highest BCUT2D eigenvalue weighted by Gasteiger charge is 2.37. The molecule has 0 unspecified atom stereocenters. The maximum absolute atomic E-state index is 12.3. The van der Waals surface area contributed by atoms with E-state index in [1.807, 2.05) is 6.92 Å². The predicted molar refractivity (Wildman–Crippen MR) is 65.7 cm³/mol. The van der Waals surface area contributed by atoms with E-state index in [-0.39, 0.29) is 5.91 Å². The quantitative estimate of drug-likeness (QED) is 0.733. The van der Waals surface area contributed by atoms with E-state index in [4.69, 9.17) is 12.2 Å². The Bertz CT molecular complexity index is 274. The largest absolute Gasteiger partial charge is 0.330 e. The molecule has 3 heteroatoms. The van der Waals surface area contributed by atoms with Gasteiger partial charge in [-0.25, -0.2) is 0 Å². The molecule has 0 aromatic carbocycles. The van der Waals surface area contributed by atoms with Crippen molar-refractivity contribution in [3.8, 4) is 12.3 Å². The van der Waals surface area contributed by atoms with Gasteiger partial charge in [0.1, 0.15) is 0 Å². The van der Waals surface area contributed by atoms with Crippen LogP contribution in [0.5, 0.6) is 0 Å². The Hall–Kier alpha value is -1.01. The molecule has 2 N–H and O–H groups in total. The Labute approximate surface area is 98.4 Å². The molecule has 0 spiro atoms. The zero-order chi connectivity index (χ0) is 12.0. The van der Waals surface area contributed by atoms with E-state index in [2.05, 4.69) is 5.92 Å². The van der Waals surface area contributed by atoms with Crippen molar-refractivity contribution in [1.82, 2.24) is 4.90 Å². The van der Waals surface area contributed by atoms with Gasteiger partial charge < -0.3 is 10.6 Å². The molecule has 0 radical (unpaired) electrons. The summed E-state index contributed by atoms with van der Waals surface area (Å²) in [5, 5.41) is 0. The van der Waals surface area contributed by atoms with Crippen molar-refractivity contribution in [2.45, 2.75) is 51.0 Å². The van der Waals surface area contributed by atoms with Gasteiger partial charge >= 0.3 is 0 Å². The van der Waals surface area contributed by atoms with Crippen LogP contribution >= 0.6 is 0 Å². The van der Waals surface area contributed by atoms with Crippen LogP contribution in [0, 0.1) is 12.3 Å². The first kappa shape index (κ1) is 13.1. The van der Waals surface area contributed by atoms with Crippen LogP contribution in [0.2, 0.25) is 0 Å². The van der Waals surface area contributed by atoms with Gasteiger partial charge in [0.25, 0.3) is 0 Å². The molecule has 16 heavy (non-hydrogen) atoms. The molecule has 3 nitrogen and oxygen atoms in total. The number of hydrogen-bond acceptors (Lipinski definition) is 2. The zero-order valence-electron chi connectivity index (χ0n) is 10.2. The molecule has 1 aliphatic carbocycles. The number of carbonyl (C=O) groups is 1. The molecule has 0 aromatic rings. The fourth-order valence-corrected chi connectivity index (χ4v) is 2.34. The number of nitrogens with two attached hydrogens (primary N) is 1. The summed E-state index contributed by atoms with van der Waals surface area (Å²) in [5.41, 5.74) is 5.56. The molecule has 0 saturated heterocycles. The molecular weight excluding hydrogens is 200 g/mol. The minimum absolute atomic E-state index is 0.0481. The average molecular weight is 222 g/mol. The van der Waals surface area contributed by atoms with Crippen LogP contribution < -0.4 is 5.73 Å². The molecule has 0 aliphatic heterocycles. The van der Waals surface area contributed by atoms with Gasteiger partial charge in [-0.1, -0.05) is 32.1 Å². The third-order valence-corrected chi connectivity index (χ3v) is 3.23. The number of hydrogen-bond donors (Lipinski definition) is 1. The Morgan fingerprint density at radius 3 is 2.56 bits per heavy atom. The van der Waals surface area contributed by atoms with E-state index in [1.54, 1.807) is 4.90 Å². The van der Waals surface area contributed by atoms with Gasteiger partial charge in [0.2, 0.25) is 5.91 Å². The van der Waals surface area contributed by atoms with Crippen molar-refractivity contribution in [3.05, 3.63) is 0 Å². The monoisotopic (exact) mass is 222 g/mol. The van der Waals surface area contributed by atoms with Crippen LogP contribution in [-0.4, -0.2) is 29.4 Å². The summed E-state index contributed by atoms with van der Waals surface area (Å²) < 4.78 is 0.